The molecular weight excluding hydrogens is 655 g/mol. The number of benzene rings is 9. The SMILES string of the molecule is c1ccc2cc(-c3nc(-c4ccc(-c5cc6c(-c7ccc8ccccc8c7)nc7ccccc7c6c6ccccc56)cc4)nc4ccccc34)ccc2c1. The lowest BCUT2D eigenvalue weighted by molar-refractivity contribution is 1.23. The Labute approximate surface area is 311 Å². The van der Waals surface area contributed by atoms with E-state index >= 15 is 0 Å². The number of nitrogens with zero attached hydrogens (tertiary/aromatic N) is 3. The van der Waals surface area contributed by atoms with Crippen LogP contribution in [0.15, 0.2) is 188 Å². The lowest BCUT2D eigenvalue weighted by Crippen LogP contribution is -1.95. The van der Waals surface area contributed by atoms with E-state index in [1.54, 1.807) is 0 Å². The summed E-state index contributed by atoms with van der Waals surface area (Å²) >= 11 is 0. The first-order valence-corrected chi connectivity index (χ1v) is 18.4. The van der Waals surface area contributed by atoms with Crippen LogP contribution in [0.4, 0.5) is 0 Å². The summed E-state index contributed by atoms with van der Waals surface area (Å²) in [6, 6.07) is 66.9. The van der Waals surface area contributed by atoms with Crippen molar-refractivity contribution in [2.45, 2.75) is 0 Å². The van der Waals surface area contributed by atoms with Crippen molar-refractivity contribution >= 4 is 64.9 Å². The molecule has 11 rings (SSSR count). The Morgan fingerprint density at radius 1 is 0.278 bits per heavy atom. The minimum Gasteiger partial charge on any atom is -0.247 e. The highest BCUT2D eigenvalue weighted by Gasteiger charge is 2.18. The number of rotatable bonds is 4. The zero-order valence-electron chi connectivity index (χ0n) is 29.2. The van der Waals surface area contributed by atoms with Gasteiger partial charge < -0.3 is 0 Å². The molecule has 0 aliphatic heterocycles. The highest BCUT2D eigenvalue weighted by molar-refractivity contribution is 6.25. The Hall–Kier alpha value is -7.23. The molecule has 0 aliphatic carbocycles. The Bertz CT molecular complexity index is 3270. The minimum atomic E-state index is 0.709. The van der Waals surface area contributed by atoms with Crippen molar-refractivity contribution in [1.29, 1.82) is 0 Å². The third-order valence-corrected chi connectivity index (χ3v) is 10.8. The molecule has 0 aliphatic rings. The van der Waals surface area contributed by atoms with Crippen LogP contribution in [0.2, 0.25) is 0 Å². The third-order valence-electron chi connectivity index (χ3n) is 10.8. The molecule has 0 N–H and O–H groups in total. The molecule has 0 bridgehead atoms. The Balaban J connectivity index is 1.09. The molecule has 3 nitrogen and oxygen atoms in total. The molecule has 250 valence electrons. The minimum absolute atomic E-state index is 0.709. The number of hydrogen-bond acceptors (Lipinski definition) is 3. The van der Waals surface area contributed by atoms with Crippen LogP contribution in [-0.4, -0.2) is 15.0 Å². The zero-order valence-corrected chi connectivity index (χ0v) is 29.2. The molecule has 0 unspecified atom stereocenters. The molecule has 11 aromatic rings. The number of para-hydroxylation sites is 2. The van der Waals surface area contributed by atoms with Gasteiger partial charge in [-0.25, -0.2) is 15.0 Å². The number of fused-ring (bicyclic) bond motifs is 8. The second-order valence-corrected chi connectivity index (χ2v) is 14.0. The summed E-state index contributed by atoms with van der Waals surface area (Å²) in [6.07, 6.45) is 0. The Morgan fingerprint density at radius 3 is 1.43 bits per heavy atom. The molecule has 54 heavy (non-hydrogen) atoms. The molecular formula is C51H31N3. The van der Waals surface area contributed by atoms with Crippen LogP contribution in [-0.2, 0) is 0 Å². The molecule has 0 spiro atoms. The molecule has 0 amide bonds. The fourth-order valence-electron chi connectivity index (χ4n) is 8.17. The summed E-state index contributed by atoms with van der Waals surface area (Å²) in [5, 5.41) is 11.8. The van der Waals surface area contributed by atoms with Crippen molar-refractivity contribution in [3.05, 3.63) is 188 Å². The van der Waals surface area contributed by atoms with Crippen molar-refractivity contribution in [3.63, 3.8) is 0 Å². The molecule has 2 aromatic heterocycles. The summed E-state index contributed by atoms with van der Waals surface area (Å²) in [4.78, 5) is 15.6. The number of pyridine rings is 1. The van der Waals surface area contributed by atoms with E-state index in [1.807, 2.05) is 6.07 Å². The third kappa shape index (κ3) is 4.94. The van der Waals surface area contributed by atoms with Gasteiger partial charge in [0.25, 0.3) is 0 Å². The fourth-order valence-corrected chi connectivity index (χ4v) is 8.17. The van der Waals surface area contributed by atoms with Crippen LogP contribution < -0.4 is 0 Å². The first-order valence-electron chi connectivity index (χ1n) is 18.4. The van der Waals surface area contributed by atoms with E-state index in [1.165, 1.54) is 43.3 Å². The number of hydrogen-bond donors (Lipinski definition) is 0. The summed E-state index contributed by atoms with van der Waals surface area (Å²) < 4.78 is 0. The molecule has 9 aromatic carbocycles. The van der Waals surface area contributed by atoms with Crippen LogP contribution in [0, 0.1) is 0 Å². The average Bonchev–Trinajstić information content (AvgIpc) is 3.25. The van der Waals surface area contributed by atoms with E-state index in [9.17, 15) is 0 Å². The van der Waals surface area contributed by atoms with Crippen LogP contribution in [0.5, 0.6) is 0 Å². The standard InChI is InChI=1S/C51H31N3/c1-3-13-36-29-38(27-21-32(36)11-1)49-43-18-8-10-20-47(43)53-51(54-49)35-25-23-34(24-26-35)44-31-45-48(41-16-6-5-15-40(41)44)42-17-7-9-19-46(42)52-50(45)39-28-22-33-12-2-4-14-37(33)30-39/h1-31H. The first kappa shape index (κ1) is 30.4. The lowest BCUT2D eigenvalue weighted by atomic mass is 9.89. The molecule has 0 saturated carbocycles. The smallest absolute Gasteiger partial charge is 0.160 e. The second-order valence-electron chi connectivity index (χ2n) is 14.0. The summed E-state index contributed by atoms with van der Waals surface area (Å²) in [5.41, 5.74) is 9.31. The van der Waals surface area contributed by atoms with Gasteiger partial charge in [0.2, 0.25) is 0 Å². The normalized spacial score (nSPS) is 11.7. The van der Waals surface area contributed by atoms with Gasteiger partial charge in [-0.3, -0.25) is 0 Å². The predicted molar refractivity (Wildman–Crippen MR) is 227 cm³/mol. The van der Waals surface area contributed by atoms with Crippen LogP contribution in [0.25, 0.3) is 110 Å². The molecule has 2 heterocycles. The highest BCUT2D eigenvalue weighted by atomic mass is 14.9. The molecule has 0 saturated heterocycles. The van der Waals surface area contributed by atoms with Gasteiger partial charge in [0, 0.05) is 38.2 Å². The van der Waals surface area contributed by atoms with E-state index in [0.717, 1.165) is 60.8 Å². The largest absolute Gasteiger partial charge is 0.247 e. The molecule has 3 heteroatoms. The van der Waals surface area contributed by atoms with Gasteiger partial charge in [-0.2, -0.15) is 0 Å². The Kier molecular flexibility index (Phi) is 6.86. The Morgan fingerprint density at radius 2 is 0.759 bits per heavy atom. The van der Waals surface area contributed by atoms with E-state index < -0.39 is 0 Å². The van der Waals surface area contributed by atoms with Gasteiger partial charge in [0.05, 0.1) is 22.4 Å². The maximum Gasteiger partial charge on any atom is 0.160 e. The maximum atomic E-state index is 5.33. The van der Waals surface area contributed by atoms with Crippen molar-refractivity contribution in [1.82, 2.24) is 15.0 Å². The van der Waals surface area contributed by atoms with Crippen molar-refractivity contribution in [3.8, 4) is 45.0 Å². The quantitative estimate of drug-likeness (QED) is 0.173. The van der Waals surface area contributed by atoms with Crippen molar-refractivity contribution in [2.24, 2.45) is 0 Å². The topological polar surface area (TPSA) is 38.7 Å². The first-order chi connectivity index (χ1) is 26.7. The molecule has 0 atom stereocenters. The molecule has 0 fully saturated rings. The van der Waals surface area contributed by atoms with E-state index in [2.05, 4.69) is 182 Å². The summed E-state index contributed by atoms with van der Waals surface area (Å²) in [7, 11) is 0. The number of aromatic nitrogens is 3. The van der Waals surface area contributed by atoms with Crippen molar-refractivity contribution in [2.75, 3.05) is 0 Å². The highest BCUT2D eigenvalue weighted by Crippen LogP contribution is 2.42. The van der Waals surface area contributed by atoms with Gasteiger partial charge in [-0.1, -0.05) is 158 Å². The van der Waals surface area contributed by atoms with E-state index in [-0.39, 0.29) is 0 Å². The zero-order chi connectivity index (χ0) is 35.6. The van der Waals surface area contributed by atoms with Gasteiger partial charge >= 0.3 is 0 Å². The van der Waals surface area contributed by atoms with Gasteiger partial charge in [0.1, 0.15) is 0 Å². The summed E-state index contributed by atoms with van der Waals surface area (Å²) in [6.45, 7) is 0. The van der Waals surface area contributed by atoms with Crippen LogP contribution in [0.3, 0.4) is 0 Å². The predicted octanol–water partition coefficient (Wildman–Crippen LogP) is 13.5. The van der Waals surface area contributed by atoms with Gasteiger partial charge in [-0.05, 0) is 73.8 Å². The maximum absolute atomic E-state index is 5.33. The summed E-state index contributed by atoms with van der Waals surface area (Å²) in [5.74, 6) is 0.709. The van der Waals surface area contributed by atoms with Gasteiger partial charge in [0.15, 0.2) is 5.82 Å². The van der Waals surface area contributed by atoms with Crippen LogP contribution in [0.1, 0.15) is 0 Å². The van der Waals surface area contributed by atoms with E-state index in [0.29, 0.717) is 5.82 Å². The second kappa shape index (κ2) is 12.2. The monoisotopic (exact) mass is 685 g/mol. The lowest BCUT2D eigenvalue weighted by Gasteiger charge is -2.16. The van der Waals surface area contributed by atoms with Crippen LogP contribution >= 0.6 is 0 Å². The van der Waals surface area contributed by atoms with E-state index in [4.69, 9.17) is 15.0 Å². The van der Waals surface area contributed by atoms with Gasteiger partial charge in [-0.15, -0.1) is 0 Å². The van der Waals surface area contributed by atoms with Crippen molar-refractivity contribution < 1.29 is 0 Å². The average molecular weight is 686 g/mol. The molecule has 0 radical (unpaired) electrons. The fraction of sp³-hybridized carbons (Fsp3) is 0.